The molecule has 3 saturated heterocycles. The summed E-state index contributed by atoms with van der Waals surface area (Å²) in [7, 11) is 0. The highest BCUT2D eigenvalue weighted by molar-refractivity contribution is 9.09. The van der Waals surface area contributed by atoms with Crippen LogP contribution in [0.2, 0.25) is 0 Å². The summed E-state index contributed by atoms with van der Waals surface area (Å²) in [6.45, 7) is 13.6. The molecule has 3 aliphatic rings. The van der Waals surface area contributed by atoms with E-state index in [0.29, 0.717) is 32.2 Å². The number of alkyl halides is 1. The second-order valence-corrected chi connectivity index (χ2v) is 12.2. The number of rotatable bonds is 16. The zero-order valence-corrected chi connectivity index (χ0v) is 25.4. The standard InChI is InChI=1S/C29H44BrN3O7/c1-6-9-12-21(35)31-17-19(5)39-28(38)22-23-26(36)33(14-10-15-34)25(29(23)16-20(30)24(22)40-29)27(37)32(13-8-3)18(4)11-7-2/h6,8,18-20,22-25,34H,1,3,7,9-17H2,2,4-5H3,(H,31,35)/t18?,19-,20?,22-,23+,24-,25-,29+/m0/s1. The first kappa shape index (κ1) is 32.3. The Balaban J connectivity index is 1.88. The highest BCUT2D eigenvalue weighted by atomic mass is 79.9. The summed E-state index contributed by atoms with van der Waals surface area (Å²) < 4.78 is 12.2. The molecule has 8 atom stereocenters. The summed E-state index contributed by atoms with van der Waals surface area (Å²) in [6.07, 6.45) is 5.28. The number of hydrogen-bond donors (Lipinski definition) is 2. The molecule has 3 fully saturated rings. The van der Waals surface area contributed by atoms with Crippen LogP contribution in [-0.2, 0) is 28.7 Å². The van der Waals surface area contributed by atoms with Crippen LogP contribution >= 0.6 is 15.9 Å². The number of likely N-dealkylation sites (tertiary alicyclic amines) is 1. The van der Waals surface area contributed by atoms with Gasteiger partial charge in [0.25, 0.3) is 0 Å². The van der Waals surface area contributed by atoms with Gasteiger partial charge >= 0.3 is 5.97 Å². The minimum absolute atomic E-state index is 0.0811. The molecular weight excluding hydrogens is 582 g/mol. The van der Waals surface area contributed by atoms with E-state index in [2.05, 4.69) is 41.3 Å². The lowest BCUT2D eigenvalue weighted by Gasteiger charge is -2.39. The number of esters is 1. The molecule has 1 spiro atoms. The number of allylic oxidation sites excluding steroid dienone is 1. The number of aliphatic hydroxyl groups excluding tert-OH is 1. The van der Waals surface area contributed by atoms with Gasteiger partial charge in [-0.05, 0) is 39.5 Å². The second kappa shape index (κ2) is 14.1. The van der Waals surface area contributed by atoms with E-state index in [-0.39, 0.29) is 48.3 Å². The van der Waals surface area contributed by atoms with E-state index in [9.17, 15) is 24.3 Å². The van der Waals surface area contributed by atoms with Gasteiger partial charge in [0.2, 0.25) is 17.7 Å². The first-order valence-electron chi connectivity index (χ1n) is 14.3. The molecule has 10 nitrogen and oxygen atoms in total. The highest BCUT2D eigenvalue weighted by Gasteiger charge is 2.77. The van der Waals surface area contributed by atoms with Crippen molar-refractivity contribution in [3.05, 3.63) is 25.3 Å². The fourth-order valence-electron chi connectivity index (χ4n) is 6.41. The maximum absolute atomic E-state index is 14.2. The van der Waals surface area contributed by atoms with Gasteiger partial charge in [0, 0.05) is 37.0 Å². The van der Waals surface area contributed by atoms with Gasteiger partial charge in [0.1, 0.15) is 17.7 Å². The van der Waals surface area contributed by atoms with Crippen molar-refractivity contribution in [2.75, 3.05) is 26.2 Å². The normalized spacial score (nSPS) is 30.0. The van der Waals surface area contributed by atoms with Gasteiger partial charge in [-0.25, -0.2) is 0 Å². The van der Waals surface area contributed by atoms with Crippen LogP contribution in [-0.4, -0.2) is 99.6 Å². The molecule has 0 aromatic carbocycles. The number of nitrogens with zero attached hydrogens (tertiary/aromatic N) is 2. The number of carbonyl (C=O) groups is 4. The maximum atomic E-state index is 14.2. The summed E-state index contributed by atoms with van der Waals surface area (Å²) in [5, 5.41) is 12.3. The van der Waals surface area contributed by atoms with E-state index < -0.39 is 41.7 Å². The van der Waals surface area contributed by atoms with Gasteiger partial charge in [0.05, 0.1) is 24.5 Å². The van der Waals surface area contributed by atoms with E-state index in [1.165, 1.54) is 4.90 Å². The third-order valence-corrected chi connectivity index (χ3v) is 9.02. The maximum Gasteiger partial charge on any atom is 0.312 e. The van der Waals surface area contributed by atoms with Crippen LogP contribution < -0.4 is 5.32 Å². The van der Waals surface area contributed by atoms with Crippen molar-refractivity contribution in [2.24, 2.45) is 11.8 Å². The number of hydrogen-bond acceptors (Lipinski definition) is 7. The molecule has 2 N–H and O–H groups in total. The summed E-state index contributed by atoms with van der Waals surface area (Å²) in [5.74, 6) is -3.10. The SMILES string of the molecule is C=CCCC(=O)NC[C@H](C)OC(=O)[C@@H]1[C@H]2O[C@@]3(CC2Br)[C@H](C(=O)N(CC=C)C(C)CCC)N(CCCO)C(=O)[C@@H]13. The number of nitrogens with one attached hydrogen (secondary N) is 1. The number of fused-ring (bicyclic) bond motifs is 1. The van der Waals surface area contributed by atoms with Crippen molar-refractivity contribution in [3.63, 3.8) is 0 Å². The lowest BCUT2D eigenvalue weighted by atomic mass is 9.70. The predicted octanol–water partition coefficient (Wildman–Crippen LogP) is 2.33. The van der Waals surface area contributed by atoms with E-state index in [1.54, 1.807) is 24.0 Å². The molecule has 0 radical (unpaired) electrons. The molecular formula is C29H44BrN3O7. The van der Waals surface area contributed by atoms with E-state index in [4.69, 9.17) is 9.47 Å². The fraction of sp³-hybridized carbons (Fsp3) is 0.724. The Morgan fingerprint density at radius 3 is 2.67 bits per heavy atom. The van der Waals surface area contributed by atoms with Crippen LogP contribution in [0.3, 0.4) is 0 Å². The molecule has 0 aromatic rings. The minimum Gasteiger partial charge on any atom is -0.460 e. The lowest BCUT2D eigenvalue weighted by Crippen LogP contribution is -2.58. The number of amides is 3. The fourth-order valence-corrected chi connectivity index (χ4v) is 7.36. The topological polar surface area (TPSA) is 125 Å². The van der Waals surface area contributed by atoms with Crippen molar-refractivity contribution in [2.45, 2.75) is 94.0 Å². The van der Waals surface area contributed by atoms with Gasteiger partial charge in [-0.1, -0.05) is 41.4 Å². The van der Waals surface area contributed by atoms with Crippen LogP contribution in [0, 0.1) is 11.8 Å². The number of halogens is 1. The van der Waals surface area contributed by atoms with Crippen LogP contribution in [0.1, 0.15) is 59.3 Å². The molecule has 224 valence electrons. The minimum atomic E-state index is -1.19. The van der Waals surface area contributed by atoms with Gasteiger partial charge in [-0.15, -0.1) is 13.2 Å². The zero-order valence-electron chi connectivity index (χ0n) is 23.9. The van der Waals surface area contributed by atoms with Gasteiger partial charge < -0.3 is 29.7 Å². The Morgan fingerprint density at radius 2 is 2.05 bits per heavy atom. The van der Waals surface area contributed by atoms with Crippen LogP contribution in [0.15, 0.2) is 25.3 Å². The van der Waals surface area contributed by atoms with Crippen LogP contribution in [0.4, 0.5) is 0 Å². The summed E-state index contributed by atoms with van der Waals surface area (Å²) in [6, 6.07) is -1.01. The predicted molar refractivity (Wildman–Crippen MR) is 153 cm³/mol. The Kier molecular flexibility index (Phi) is 11.4. The van der Waals surface area contributed by atoms with Crippen molar-refractivity contribution in [1.82, 2.24) is 15.1 Å². The number of ether oxygens (including phenoxy) is 2. The number of carbonyl (C=O) groups excluding carboxylic acids is 4. The van der Waals surface area contributed by atoms with Crippen molar-refractivity contribution in [3.8, 4) is 0 Å². The zero-order chi connectivity index (χ0) is 29.6. The van der Waals surface area contributed by atoms with Crippen molar-refractivity contribution in [1.29, 1.82) is 0 Å². The molecule has 0 saturated carbocycles. The molecule has 3 heterocycles. The molecule has 40 heavy (non-hydrogen) atoms. The second-order valence-electron chi connectivity index (χ2n) is 11.1. The van der Waals surface area contributed by atoms with Gasteiger partial charge in [-0.2, -0.15) is 0 Å². The Labute approximate surface area is 245 Å². The summed E-state index contributed by atoms with van der Waals surface area (Å²) in [4.78, 5) is 56.7. The van der Waals surface area contributed by atoms with Crippen LogP contribution in [0.5, 0.6) is 0 Å². The average molecular weight is 627 g/mol. The number of aliphatic hydroxyl groups is 1. The molecule has 2 bridgehead atoms. The largest absolute Gasteiger partial charge is 0.460 e. The van der Waals surface area contributed by atoms with Crippen molar-refractivity contribution >= 4 is 39.6 Å². The smallest absolute Gasteiger partial charge is 0.312 e. The molecule has 3 rings (SSSR count). The third-order valence-electron chi connectivity index (χ3n) is 8.18. The first-order chi connectivity index (χ1) is 19.1. The average Bonchev–Trinajstić information content (AvgIpc) is 3.51. The third kappa shape index (κ3) is 6.31. The molecule has 3 aliphatic heterocycles. The Morgan fingerprint density at radius 1 is 1.32 bits per heavy atom. The summed E-state index contributed by atoms with van der Waals surface area (Å²) >= 11 is 3.66. The lowest BCUT2D eigenvalue weighted by molar-refractivity contribution is -0.159. The monoisotopic (exact) mass is 625 g/mol. The quantitative estimate of drug-likeness (QED) is 0.153. The Hall–Kier alpha value is -2.24. The van der Waals surface area contributed by atoms with E-state index in [1.807, 2.05) is 6.92 Å². The molecule has 0 aliphatic carbocycles. The van der Waals surface area contributed by atoms with Gasteiger partial charge in [-0.3, -0.25) is 19.2 Å². The first-order valence-corrected chi connectivity index (χ1v) is 15.2. The Bertz CT molecular complexity index is 977. The van der Waals surface area contributed by atoms with Gasteiger partial charge in [0.15, 0.2) is 0 Å². The van der Waals surface area contributed by atoms with Crippen molar-refractivity contribution < 1.29 is 33.8 Å². The van der Waals surface area contributed by atoms with E-state index in [0.717, 1.165) is 12.8 Å². The van der Waals surface area contributed by atoms with E-state index >= 15 is 0 Å². The summed E-state index contributed by atoms with van der Waals surface area (Å²) in [5.41, 5.74) is -1.19. The molecule has 11 heteroatoms. The van der Waals surface area contributed by atoms with Crippen LogP contribution in [0.25, 0.3) is 0 Å². The molecule has 2 unspecified atom stereocenters. The molecule has 3 amide bonds. The molecule has 0 aromatic heterocycles. The highest BCUT2D eigenvalue weighted by Crippen LogP contribution is 2.60.